The number of halogens is 1. The van der Waals surface area contributed by atoms with E-state index >= 15 is 0 Å². The monoisotopic (exact) mass is 499 g/mol. The summed E-state index contributed by atoms with van der Waals surface area (Å²) in [7, 11) is -3.83. The molecular formula is C23H22BrN3O3S. The predicted octanol–water partition coefficient (Wildman–Crippen LogP) is 3.83. The Hall–Kier alpha value is -2.81. The van der Waals surface area contributed by atoms with Gasteiger partial charge >= 0.3 is 0 Å². The normalized spacial score (nSPS) is 11.7. The van der Waals surface area contributed by atoms with Crippen LogP contribution in [-0.2, 0) is 21.2 Å². The first-order valence-electron chi connectivity index (χ1n) is 9.62. The molecule has 160 valence electrons. The minimum atomic E-state index is -3.83. The highest BCUT2D eigenvalue weighted by atomic mass is 79.9. The highest BCUT2D eigenvalue weighted by Gasteiger charge is 2.26. The first-order chi connectivity index (χ1) is 14.9. The van der Waals surface area contributed by atoms with Gasteiger partial charge in [0.05, 0.1) is 17.7 Å². The van der Waals surface area contributed by atoms with Crippen LogP contribution in [0.2, 0.25) is 0 Å². The predicted molar refractivity (Wildman–Crippen MR) is 125 cm³/mol. The van der Waals surface area contributed by atoms with Crippen LogP contribution in [0.3, 0.4) is 0 Å². The zero-order valence-corrected chi connectivity index (χ0v) is 19.1. The largest absolute Gasteiger partial charge is 0.272 e. The summed E-state index contributed by atoms with van der Waals surface area (Å²) < 4.78 is 28.4. The van der Waals surface area contributed by atoms with E-state index in [9.17, 15) is 13.2 Å². The molecule has 0 radical (unpaired) electrons. The van der Waals surface area contributed by atoms with Crippen molar-refractivity contribution in [3.05, 3.63) is 101 Å². The number of carbonyl (C=O) groups is 1. The fourth-order valence-electron chi connectivity index (χ4n) is 2.85. The number of carbonyl (C=O) groups excluding carboxylic acids is 1. The van der Waals surface area contributed by atoms with Gasteiger partial charge in [-0.05, 0) is 41.8 Å². The van der Waals surface area contributed by atoms with E-state index in [4.69, 9.17) is 0 Å². The highest BCUT2D eigenvalue weighted by Crippen LogP contribution is 2.16. The van der Waals surface area contributed by atoms with Gasteiger partial charge in [0.25, 0.3) is 5.91 Å². The van der Waals surface area contributed by atoms with Gasteiger partial charge < -0.3 is 0 Å². The van der Waals surface area contributed by atoms with Gasteiger partial charge in [-0.1, -0.05) is 76.6 Å². The van der Waals surface area contributed by atoms with Crippen molar-refractivity contribution < 1.29 is 13.2 Å². The zero-order chi connectivity index (χ0) is 22.1. The maximum absolute atomic E-state index is 13.1. The molecule has 8 heteroatoms. The third-order valence-electron chi connectivity index (χ3n) is 4.47. The van der Waals surface area contributed by atoms with Gasteiger partial charge in [-0.2, -0.15) is 9.41 Å². The number of benzene rings is 3. The van der Waals surface area contributed by atoms with Crippen molar-refractivity contribution in [2.24, 2.45) is 5.10 Å². The Morgan fingerprint density at radius 1 is 0.935 bits per heavy atom. The summed E-state index contributed by atoms with van der Waals surface area (Å²) in [6.45, 7) is -0.160. The van der Waals surface area contributed by atoms with Gasteiger partial charge in [-0.3, -0.25) is 4.79 Å². The van der Waals surface area contributed by atoms with E-state index in [1.54, 1.807) is 18.2 Å². The third kappa shape index (κ3) is 6.85. The van der Waals surface area contributed by atoms with Crippen LogP contribution < -0.4 is 5.43 Å². The molecule has 0 saturated heterocycles. The molecular weight excluding hydrogens is 478 g/mol. The molecule has 6 nitrogen and oxygen atoms in total. The van der Waals surface area contributed by atoms with Crippen LogP contribution in [-0.4, -0.2) is 37.9 Å². The number of hydrazone groups is 1. The Bertz CT molecular complexity index is 1120. The molecule has 0 heterocycles. The zero-order valence-electron chi connectivity index (χ0n) is 16.7. The molecule has 3 aromatic carbocycles. The van der Waals surface area contributed by atoms with Crippen molar-refractivity contribution in [1.82, 2.24) is 9.73 Å². The maximum atomic E-state index is 13.1. The van der Waals surface area contributed by atoms with E-state index in [0.717, 1.165) is 15.6 Å². The lowest BCUT2D eigenvalue weighted by atomic mass is 10.1. The van der Waals surface area contributed by atoms with Gasteiger partial charge in [-0.15, -0.1) is 0 Å². The van der Waals surface area contributed by atoms with Gasteiger partial charge in [-0.25, -0.2) is 13.8 Å². The van der Waals surface area contributed by atoms with Crippen LogP contribution in [0.1, 0.15) is 11.1 Å². The standard InChI is InChI=1S/C23H22BrN3O3S/c24-21-13-11-20(12-14-21)17-25-26-23(28)18-27(16-15-19-7-3-1-4-8-19)31(29,30)22-9-5-2-6-10-22/h1-14,17H,15-16,18H2,(H,26,28)/b25-17-. The molecule has 0 spiro atoms. The Morgan fingerprint density at radius 2 is 1.55 bits per heavy atom. The summed E-state index contributed by atoms with van der Waals surface area (Å²) in [6.07, 6.45) is 1.99. The van der Waals surface area contributed by atoms with Gasteiger partial charge in [0.15, 0.2) is 0 Å². The molecule has 0 aliphatic carbocycles. The second kappa shape index (κ2) is 11.0. The molecule has 1 N–H and O–H groups in total. The molecule has 3 rings (SSSR count). The summed E-state index contributed by atoms with van der Waals surface area (Å²) in [4.78, 5) is 12.6. The van der Waals surface area contributed by atoms with Crippen LogP contribution in [0.25, 0.3) is 0 Å². The van der Waals surface area contributed by atoms with Gasteiger partial charge in [0.2, 0.25) is 10.0 Å². The molecule has 0 saturated carbocycles. The lowest BCUT2D eigenvalue weighted by Gasteiger charge is -2.21. The van der Waals surface area contributed by atoms with E-state index in [1.807, 2.05) is 54.6 Å². The van der Waals surface area contributed by atoms with Gasteiger partial charge in [0.1, 0.15) is 0 Å². The second-order valence-corrected chi connectivity index (χ2v) is 9.59. The summed E-state index contributed by atoms with van der Waals surface area (Å²) >= 11 is 3.36. The molecule has 0 aliphatic heterocycles. The lowest BCUT2D eigenvalue weighted by Crippen LogP contribution is -2.40. The van der Waals surface area contributed by atoms with Crippen LogP contribution in [0.15, 0.2) is 99.4 Å². The number of rotatable bonds is 9. The molecule has 0 fully saturated rings. The molecule has 31 heavy (non-hydrogen) atoms. The van der Waals surface area contributed by atoms with E-state index in [-0.39, 0.29) is 18.0 Å². The highest BCUT2D eigenvalue weighted by molar-refractivity contribution is 9.10. The van der Waals surface area contributed by atoms with Crippen LogP contribution in [0.5, 0.6) is 0 Å². The summed E-state index contributed by atoms with van der Waals surface area (Å²) in [6, 6.07) is 25.1. The summed E-state index contributed by atoms with van der Waals surface area (Å²) in [5, 5.41) is 3.94. The van der Waals surface area contributed by atoms with E-state index in [0.29, 0.717) is 6.42 Å². The van der Waals surface area contributed by atoms with Crippen LogP contribution in [0.4, 0.5) is 0 Å². The number of nitrogens with one attached hydrogen (secondary N) is 1. The molecule has 3 aromatic rings. The molecule has 0 unspecified atom stereocenters. The van der Waals surface area contributed by atoms with E-state index in [1.165, 1.54) is 22.7 Å². The van der Waals surface area contributed by atoms with Gasteiger partial charge in [0, 0.05) is 11.0 Å². The fraction of sp³-hybridized carbons (Fsp3) is 0.130. The van der Waals surface area contributed by atoms with Crippen molar-refractivity contribution in [2.45, 2.75) is 11.3 Å². The maximum Gasteiger partial charge on any atom is 0.255 e. The topological polar surface area (TPSA) is 78.8 Å². The Labute approximate surface area is 190 Å². The quantitative estimate of drug-likeness (QED) is 0.358. The third-order valence-corrected chi connectivity index (χ3v) is 6.85. The molecule has 0 aliphatic rings. The first-order valence-corrected chi connectivity index (χ1v) is 11.8. The number of nitrogens with zero attached hydrogens (tertiary/aromatic N) is 2. The second-order valence-electron chi connectivity index (χ2n) is 6.73. The number of sulfonamides is 1. The number of hydrogen-bond acceptors (Lipinski definition) is 4. The fourth-order valence-corrected chi connectivity index (χ4v) is 4.53. The Morgan fingerprint density at radius 3 is 2.19 bits per heavy atom. The molecule has 0 aromatic heterocycles. The van der Waals surface area contributed by atoms with Crippen LogP contribution in [0, 0.1) is 0 Å². The van der Waals surface area contributed by atoms with E-state index in [2.05, 4.69) is 26.5 Å². The van der Waals surface area contributed by atoms with Crippen molar-refractivity contribution in [3.8, 4) is 0 Å². The minimum absolute atomic E-state index is 0.147. The Balaban J connectivity index is 1.70. The van der Waals surface area contributed by atoms with Crippen molar-refractivity contribution in [2.75, 3.05) is 13.1 Å². The number of hydrogen-bond donors (Lipinski definition) is 1. The van der Waals surface area contributed by atoms with Crippen LogP contribution >= 0.6 is 15.9 Å². The smallest absolute Gasteiger partial charge is 0.255 e. The minimum Gasteiger partial charge on any atom is -0.272 e. The summed E-state index contributed by atoms with van der Waals surface area (Å²) in [5.74, 6) is -0.513. The molecule has 0 bridgehead atoms. The van der Waals surface area contributed by atoms with Crippen molar-refractivity contribution in [3.63, 3.8) is 0 Å². The molecule has 1 amide bonds. The lowest BCUT2D eigenvalue weighted by molar-refractivity contribution is -0.121. The first kappa shape index (κ1) is 22.9. The van der Waals surface area contributed by atoms with Crippen molar-refractivity contribution >= 4 is 38.1 Å². The summed E-state index contributed by atoms with van der Waals surface area (Å²) in [5.41, 5.74) is 4.21. The Kier molecular flexibility index (Phi) is 8.11. The SMILES string of the molecule is O=C(CN(CCc1ccccc1)S(=O)(=O)c1ccccc1)N/N=C\c1ccc(Br)cc1. The van der Waals surface area contributed by atoms with E-state index < -0.39 is 15.9 Å². The molecule has 0 atom stereocenters. The average Bonchev–Trinajstić information content (AvgIpc) is 2.79. The number of amides is 1. The average molecular weight is 500 g/mol. The van der Waals surface area contributed by atoms with Crippen molar-refractivity contribution in [1.29, 1.82) is 0 Å².